The number of aromatic hydroxyl groups is 1. The maximum absolute atomic E-state index is 11.1. The average molecular weight is 434 g/mol. The zero-order chi connectivity index (χ0) is 12.3. The van der Waals surface area contributed by atoms with Gasteiger partial charge in [-0.25, -0.2) is 0 Å². The Morgan fingerprint density at radius 2 is 1.94 bits per heavy atom. The lowest BCUT2D eigenvalue weighted by atomic mass is 10.1. The quantitative estimate of drug-likeness (QED) is 0.718. The summed E-state index contributed by atoms with van der Waals surface area (Å²) in [5, 5.41) is 9.50. The molecule has 0 saturated heterocycles. The fraction of sp³-hybridized carbons (Fsp3) is 0.300. The van der Waals surface area contributed by atoms with Crippen LogP contribution in [0.3, 0.4) is 0 Å². The van der Waals surface area contributed by atoms with Gasteiger partial charge in [-0.2, -0.15) is 0 Å². The molecule has 1 aromatic carbocycles. The third kappa shape index (κ3) is 4.57. The first-order valence-corrected chi connectivity index (χ1v) is 6.04. The molecule has 0 saturated carbocycles. The largest absolute Gasteiger partial charge is 0.506 e. The van der Waals surface area contributed by atoms with E-state index in [0.717, 1.165) is 5.56 Å². The molecule has 3 N–H and O–H groups in total. The number of nitrogens with two attached hydrogens (primary N) is 1. The second-order valence-electron chi connectivity index (χ2n) is 3.24. The molecule has 0 aliphatic rings. The summed E-state index contributed by atoms with van der Waals surface area (Å²) in [6.45, 7) is 0. The highest BCUT2D eigenvalue weighted by Crippen LogP contribution is 2.33. The maximum atomic E-state index is 11.1. The van der Waals surface area contributed by atoms with Gasteiger partial charge < -0.3 is 15.6 Å². The standard InChI is InChI=1S/C10H11Br2NO3.BrH/c1-16-10(15)8(13)4-5-2-6(11)9(14)7(12)3-5;/h2-3,8,14H,4,13H2,1H3;1H/t8-;/m1./s1. The maximum Gasteiger partial charge on any atom is 0.322 e. The highest BCUT2D eigenvalue weighted by atomic mass is 79.9. The van der Waals surface area contributed by atoms with Crippen LogP contribution in [0.1, 0.15) is 5.56 Å². The Bertz CT molecular complexity index is 389. The molecule has 0 fully saturated rings. The second kappa shape index (κ2) is 7.35. The smallest absolute Gasteiger partial charge is 0.322 e. The number of ether oxygens (including phenoxy) is 1. The highest BCUT2D eigenvalue weighted by molar-refractivity contribution is 9.11. The molecule has 0 unspecified atom stereocenters. The van der Waals surface area contributed by atoms with Crippen molar-refractivity contribution in [2.45, 2.75) is 12.5 Å². The second-order valence-corrected chi connectivity index (χ2v) is 4.95. The van der Waals surface area contributed by atoms with Gasteiger partial charge in [0.2, 0.25) is 0 Å². The van der Waals surface area contributed by atoms with Crippen LogP contribution in [0.2, 0.25) is 0 Å². The van der Waals surface area contributed by atoms with Gasteiger partial charge in [0.1, 0.15) is 11.8 Å². The van der Waals surface area contributed by atoms with Crippen molar-refractivity contribution in [1.82, 2.24) is 0 Å². The van der Waals surface area contributed by atoms with E-state index in [0.29, 0.717) is 15.4 Å². The molecule has 0 radical (unpaired) electrons. The van der Waals surface area contributed by atoms with Crippen molar-refractivity contribution in [3.05, 3.63) is 26.6 Å². The summed E-state index contributed by atoms with van der Waals surface area (Å²) in [6.07, 6.45) is 0.351. The number of hydrogen-bond donors (Lipinski definition) is 2. The molecule has 4 nitrogen and oxygen atoms in total. The average Bonchev–Trinajstić information content (AvgIpc) is 2.24. The molecule has 0 aliphatic carbocycles. The van der Waals surface area contributed by atoms with Crippen LogP contribution in [0.15, 0.2) is 21.1 Å². The minimum atomic E-state index is -0.701. The van der Waals surface area contributed by atoms with E-state index in [1.165, 1.54) is 7.11 Å². The zero-order valence-electron chi connectivity index (χ0n) is 8.94. The highest BCUT2D eigenvalue weighted by Gasteiger charge is 2.15. The van der Waals surface area contributed by atoms with Crippen LogP contribution in [0.25, 0.3) is 0 Å². The molecule has 0 heterocycles. The van der Waals surface area contributed by atoms with Gasteiger partial charge in [-0.15, -0.1) is 17.0 Å². The van der Waals surface area contributed by atoms with Crippen LogP contribution in [-0.4, -0.2) is 24.2 Å². The molecule has 0 aliphatic heterocycles. The summed E-state index contributed by atoms with van der Waals surface area (Å²) < 4.78 is 5.63. The number of carbonyl (C=O) groups is 1. The van der Waals surface area contributed by atoms with E-state index in [1.54, 1.807) is 12.1 Å². The van der Waals surface area contributed by atoms with Gasteiger partial charge >= 0.3 is 5.97 Å². The van der Waals surface area contributed by atoms with Gasteiger partial charge in [0.05, 0.1) is 16.1 Å². The summed E-state index contributed by atoms with van der Waals surface area (Å²) in [4.78, 5) is 11.1. The first-order chi connectivity index (χ1) is 7.45. The minimum Gasteiger partial charge on any atom is -0.506 e. The number of phenolic OH excluding ortho intramolecular Hbond substituents is 1. The fourth-order valence-corrected chi connectivity index (χ4v) is 2.51. The number of hydrogen-bond acceptors (Lipinski definition) is 4. The molecule has 17 heavy (non-hydrogen) atoms. The van der Waals surface area contributed by atoms with E-state index in [1.807, 2.05) is 0 Å². The van der Waals surface area contributed by atoms with E-state index >= 15 is 0 Å². The van der Waals surface area contributed by atoms with Crippen LogP contribution in [0, 0.1) is 0 Å². The Morgan fingerprint density at radius 3 is 2.35 bits per heavy atom. The van der Waals surface area contributed by atoms with Crippen molar-refractivity contribution in [2.24, 2.45) is 5.73 Å². The predicted octanol–water partition coefficient (Wildman–Crippen LogP) is 2.54. The molecule has 1 aromatic rings. The Hall–Kier alpha value is -0.110. The monoisotopic (exact) mass is 431 g/mol. The predicted molar refractivity (Wildman–Crippen MR) is 77.5 cm³/mol. The Balaban J connectivity index is 0.00000256. The number of carbonyl (C=O) groups excluding carboxylic acids is 1. The summed E-state index contributed by atoms with van der Waals surface area (Å²) in [6, 6.07) is 2.72. The molecule has 1 atom stereocenters. The molecular formula is C10H12Br3NO3. The lowest BCUT2D eigenvalue weighted by Gasteiger charge is -2.10. The Labute approximate surface area is 127 Å². The van der Waals surface area contributed by atoms with Gasteiger partial charge in [0, 0.05) is 0 Å². The van der Waals surface area contributed by atoms with Crippen LogP contribution in [0.4, 0.5) is 0 Å². The molecule has 1 rings (SSSR count). The third-order valence-electron chi connectivity index (χ3n) is 2.04. The summed E-state index contributed by atoms with van der Waals surface area (Å²) in [5.74, 6) is -0.337. The number of benzene rings is 1. The lowest BCUT2D eigenvalue weighted by Crippen LogP contribution is -2.33. The molecule has 7 heteroatoms. The first-order valence-electron chi connectivity index (χ1n) is 4.46. The van der Waals surface area contributed by atoms with E-state index < -0.39 is 12.0 Å². The molecule has 0 amide bonds. The topological polar surface area (TPSA) is 72.5 Å². The number of esters is 1. The van der Waals surface area contributed by atoms with Crippen molar-refractivity contribution >= 4 is 54.8 Å². The molecule has 0 aromatic heterocycles. The Morgan fingerprint density at radius 1 is 1.47 bits per heavy atom. The lowest BCUT2D eigenvalue weighted by molar-refractivity contribution is -0.142. The number of methoxy groups -OCH3 is 1. The molecule has 96 valence electrons. The van der Waals surface area contributed by atoms with Crippen molar-refractivity contribution < 1.29 is 14.6 Å². The van der Waals surface area contributed by atoms with E-state index in [4.69, 9.17) is 5.73 Å². The van der Waals surface area contributed by atoms with Gasteiger partial charge in [-0.1, -0.05) is 0 Å². The van der Waals surface area contributed by atoms with Crippen LogP contribution < -0.4 is 5.73 Å². The summed E-state index contributed by atoms with van der Waals surface area (Å²) >= 11 is 6.41. The molecular weight excluding hydrogens is 422 g/mol. The van der Waals surface area contributed by atoms with Crippen molar-refractivity contribution in [3.63, 3.8) is 0 Å². The van der Waals surface area contributed by atoms with Crippen molar-refractivity contribution in [2.75, 3.05) is 7.11 Å². The van der Waals surface area contributed by atoms with Gasteiger partial charge in [0.15, 0.2) is 0 Å². The van der Waals surface area contributed by atoms with Gasteiger partial charge in [-0.05, 0) is 56.0 Å². The van der Waals surface area contributed by atoms with Crippen LogP contribution >= 0.6 is 48.8 Å². The number of halogens is 3. The van der Waals surface area contributed by atoms with Crippen molar-refractivity contribution in [3.8, 4) is 5.75 Å². The van der Waals surface area contributed by atoms with Crippen molar-refractivity contribution in [1.29, 1.82) is 0 Å². The SMILES string of the molecule is Br.COC(=O)[C@H](N)Cc1cc(Br)c(O)c(Br)c1. The first kappa shape index (κ1) is 16.9. The third-order valence-corrected chi connectivity index (χ3v) is 3.25. The van der Waals surface area contributed by atoms with Gasteiger partial charge in [-0.3, -0.25) is 4.79 Å². The molecule has 0 bridgehead atoms. The fourth-order valence-electron chi connectivity index (χ4n) is 1.22. The number of rotatable bonds is 3. The normalized spacial score (nSPS) is 11.5. The number of phenols is 1. The van der Waals surface area contributed by atoms with Gasteiger partial charge in [0.25, 0.3) is 0 Å². The Kier molecular flexibility index (Phi) is 7.30. The zero-order valence-corrected chi connectivity index (χ0v) is 13.8. The molecule has 0 spiro atoms. The van der Waals surface area contributed by atoms with E-state index in [2.05, 4.69) is 36.6 Å². The van der Waals surface area contributed by atoms with E-state index in [-0.39, 0.29) is 22.7 Å². The van der Waals surface area contributed by atoms with Crippen LogP contribution in [0.5, 0.6) is 5.75 Å². The minimum absolute atomic E-state index is 0. The van der Waals surface area contributed by atoms with E-state index in [9.17, 15) is 9.90 Å². The summed E-state index contributed by atoms with van der Waals surface area (Å²) in [7, 11) is 1.30. The van der Waals surface area contributed by atoms with Crippen LogP contribution in [-0.2, 0) is 16.0 Å². The summed E-state index contributed by atoms with van der Waals surface area (Å²) in [5.41, 5.74) is 6.46.